The Bertz CT molecular complexity index is 559. The first-order valence-corrected chi connectivity index (χ1v) is 6.44. The molecule has 2 aromatic rings. The number of hydrogen-bond acceptors (Lipinski definition) is 1. The molecule has 0 aliphatic heterocycles. The van der Waals surface area contributed by atoms with Gasteiger partial charge in [-0.1, -0.05) is 54.6 Å². The summed E-state index contributed by atoms with van der Waals surface area (Å²) in [6.07, 6.45) is 3.75. The lowest BCUT2D eigenvalue weighted by Gasteiger charge is -2.29. The van der Waals surface area contributed by atoms with Crippen molar-refractivity contribution in [1.82, 2.24) is 0 Å². The number of aldehydes is 1. The maximum Gasteiger partial charge on any atom is 0.121 e. The maximum atomic E-state index is 11.1. The summed E-state index contributed by atoms with van der Waals surface area (Å²) in [7, 11) is 0. The van der Waals surface area contributed by atoms with Crippen molar-refractivity contribution < 1.29 is 4.79 Å². The van der Waals surface area contributed by atoms with Gasteiger partial charge in [0.2, 0.25) is 0 Å². The molecule has 1 aliphatic carbocycles. The topological polar surface area (TPSA) is 17.1 Å². The SMILES string of the molecule is O=CCC1(c2ccccc2)CCc2ccccc21. The van der Waals surface area contributed by atoms with E-state index in [-0.39, 0.29) is 5.41 Å². The molecule has 0 saturated heterocycles. The molecule has 1 atom stereocenters. The molecule has 1 unspecified atom stereocenters. The minimum absolute atomic E-state index is 0.0976. The molecule has 0 N–H and O–H groups in total. The summed E-state index contributed by atoms with van der Waals surface area (Å²) in [6, 6.07) is 19.0. The molecular formula is C17H16O. The Kier molecular flexibility index (Phi) is 2.75. The Morgan fingerprint density at radius 1 is 1.00 bits per heavy atom. The predicted molar refractivity (Wildman–Crippen MR) is 72.7 cm³/mol. The summed E-state index contributed by atoms with van der Waals surface area (Å²) in [6.45, 7) is 0. The van der Waals surface area contributed by atoms with Crippen LogP contribution in [0.2, 0.25) is 0 Å². The normalized spacial score (nSPS) is 21.6. The zero-order chi connectivity index (χ0) is 12.4. The fourth-order valence-corrected chi connectivity index (χ4v) is 3.22. The van der Waals surface area contributed by atoms with E-state index in [9.17, 15) is 4.79 Å². The Labute approximate surface area is 107 Å². The van der Waals surface area contributed by atoms with Gasteiger partial charge in [0.25, 0.3) is 0 Å². The maximum absolute atomic E-state index is 11.1. The van der Waals surface area contributed by atoms with Gasteiger partial charge >= 0.3 is 0 Å². The number of aryl methyl sites for hydroxylation is 1. The monoisotopic (exact) mass is 236 g/mol. The van der Waals surface area contributed by atoms with Crippen LogP contribution in [0, 0.1) is 0 Å². The van der Waals surface area contributed by atoms with Crippen molar-refractivity contribution in [2.75, 3.05) is 0 Å². The number of carbonyl (C=O) groups is 1. The number of hydrogen-bond donors (Lipinski definition) is 0. The van der Waals surface area contributed by atoms with Crippen molar-refractivity contribution in [2.24, 2.45) is 0 Å². The number of benzene rings is 2. The first-order valence-electron chi connectivity index (χ1n) is 6.44. The molecule has 0 amide bonds. The van der Waals surface area contributed by atoms with E-state index in [2.05, 4.69) is 48.5 Å². The van der Waals surface area contributed by atoms with E-state index in [0.29, 0.717) is 6.42 Å². The Morgan fingerprint density at radius 3 is 2.50 bits per heavy atom. The van der Waals surface area contributed by atoms with Crippen LogP contribution in [-0.4, -0.2) is 6.29 Å². The van der Waals surface area contributed by atoms with Crippen molar-refractivity contribution in [3.8, 4) is 0 Å². The van der Waals surface area contributed by atoms with Gasteiger partial charge in [-0.3, -0.25) is 0 Å². The third-order valence-corrected chi connectivity index (χ3v) is 4.11. The van der Waals surface area contributed by atoms with Gasteiger partial charge in [0.1, 0.15) is 6.29 Å². The lowest BCUT2D eigenvalue weighted by molar-refractivity contribution is -0.108. The van der Waals surface area contributed by atoms with Gasteiger partial charge in [0.15, 0.2) is 0 Å². The van der Waals surface area contributed by atoms with Crippen molar-refractivity contribution in [1.29, 1.82) is 0 Å². The Morgan fingerprint density at radius 2 is 1.72 bits per heavy atom. The van der Waals surface area contributed by atoms with E-state index in [4.69, 9.17) is 0 Å². The molecule has 0 fully saturated rings. The molecule has 0 aromatic heterocycles. The van der Waals surface area contributed by atoms with Gasteiger partial charge in [-0.05, 0) is 29.5 Å². The minimum Gasteiger partial charge on any atom is -0.303 e. The molecule has 0 heterocycles. The Balaban J connectivity index is 2.18. The fraction of sp³-hybridized carbons (Fsp3) is 0.235. The van der Waals surface area contributed by atoms with E-state index >= 15 is 0 Å². The largest absolute Gasteiger partial charge is 0.303 e. The average Bonchev–Trinajstić information content (AvgIpc) is 2.81. The van der Waals surface area contributed by atoms with Crippen LogP contribution >= 0.6 is 0 Å². The van der Waals surface area contributed by atoms with E-state index in [1.807, 2.05) is 6.07 Å². The average molecular weight is 236 g/mol. The van der Waals surface area contributed by atoms with Crippen LogP contribution in [0.4, 0.5) is 0 Å². The van der Waals surface area contributed by atoms with E-state index in [1.54, 1.807) is 0 Å². The highest BCUT2D eigenvalue weighted by Crippen LogP contribution is 2.45. The molecule has 3 rings (SSSR count). The predicted octanol–water partition coefficient (Wildman–Crippen LogP) is 3.51. The number of carbonyl (C=O) groups excluding carboxylic acids is 1. The van der Waals surface area contributed by atoms with Crippen LogP contribution in [0.25, 0.3) is 0 Å². The molecule has 0 radical (unpaired) electrons. The van der Waals surface area contributed by atoms with E-state index in [1.165, 1.54) is 16.7 Å². The summed E-state index contributed by atoms with van der Waals surface area (Å²) in [5, 5.41) is 0. The molecule has 2 aromatic carbocycles. The van der Waals surface area contributed by atoms with Crippen LogP contribution in [0.5, 0.6) is 0 Å². The molecule has 1 nitrogen and oxygen atoms in total. The molecule has 0 saturated carbocycles. The van der Waals surface area contributed by atoms with Crippen LogP contribution in [0.15, 0.2) is 54.6 Å². The highest BCUT2D eigenvalue weighted by molar-refractivity contribution is 5.60. The minimum atomic E-state index is -0.0976. The van der Waals surface area contributed by atoms with Gasteiger partial charge in [-0.15, -0.1) is 0 Å². The number of fused-ring (bicyclic) bond motifs is 1. The summed E-state index contributed by atoms with van der Waals surface area (Å²) in [5.41, 5.74) is 3.90. The smallest absolute Gasteiger partial charge is 0.121 e. The van der Waals surface area contributed by atoms with Crippen molar-refractivity contribution >= 4 is 6.29 Å². The molecular weight excluding hydrogens is 220 g/mol. The van der Waals surface area contributed by atoms with E-state index in [0.717, 1.165) is 19.1 Å². The molecule has 1 heteroatoms. The van der Waals surface area contributed by atoms with Crippen molar-refractivity contribution in [3.63, 3.8) is 0 Å². The van der Waals surface area contributed by atoms with Gasteiger partial charge in [0.05, 0.1) is 0 Å². The summed E-state index contributed by atoms with van der Waals surface area (Å²) >= 11 is 0. The Hall–Kier alpha value is -1.89. The summed E-state index contributed by atoms with van der Waals surface area (Å²) < 4.78 is 0. The first kappa shape index (κ1) is 11.2. The fourth-order valence-electron chi connectivity index (χ4n) is 3.22. The second-order valence-electron chi connectivity index (χ2n) is 4.98. The summed E-state index contributed by atoms with van der Waals surface area (Å²) in [4.78, 5) is 11.1. The summed E-state index contributed by atoms with van der Waals surface area (Å²) in [5.74, 6) is 0. The van der Waals surface area contributed by atoms with Crippen LogP contribution in [0.3, 0.4) is 0 Å². The number of rotatable bonds is 3. The molecule has 18 heavy (non-hydrogen) atoms. The quantitative estimate of drug-likeness (QED) is 0.745. The van der Waals surface area contributed by atoms with Crippen LogP contribution in [-0.2, 0) is 16.6 Å². The molecule has 90 valence electrons. The third-order valence-electron chi connectivity index (χ3n) is 4.11. The molecule has 0 bridgehead atoms. The van der Waals surface area contributed by atoms with Gasteiger partial charge in [0, 0.05) is 11.8 Å². The highest BCUT2D eigenvalue weighted by atomic mass is 16.1. The first-order chi connectivity index (χ1) is 8.87. The highest BCUT2D eigenvalue weighted by Gasteiger charge is 2.39. The van der Waals surface area contributed by atoms with Crippen LogP contribution in [0.1, 0.15) is 29.5 Å². The van der Waals surface area contributed by atoms with Gasteiger partial charge < -0.3 is 4.79 Å². The molecule has 1 aliphatic rings. The van der Waals surface area contributed by atoms with E-state index < -0.39 is 0 Å². The zero-order valence-electron chi connectivity index (χ0n) is 10.3. The standard InChI is InChI=1S/C17H16O/c18-13-12-17(15-7-2-1-3-8-15)11-10-14-6-4-5-9-16(14)17/h1-9,13H,10-12H2. The lowest BCUT2D eigenvalue weighted by Crippen LogP contribution is -2.25. The zero-order valence-corrected chi connectivity index (χ0v) is 10.3. The van der Waals surface area contributed by atoms with Crippen LogP contribution < -0.4 is 0 Å². The van der Waals surface area contributed by atoms with Crippen molar-refractivity contribution in [3.05, 3.63) is 71.3 Å². The van der Waals surface area contributed by atoms with Gasteiger partial charge in [-0.25, -0.2) is 0 Å². The second kappa shape index (κ2) is 4.41. The van der Waals surface area contributed by atoms with Gasteiger partial charge in [-0.2, -0.15) is 0 Å². The van der Waals surface area contributed by atoms with Crippen molar-refractivity contribution in [2.45, 2.75) is 24.7 Å². The second-order valence-corrected chi connectivity index (χ2v) is 4.98. The lowest BCUT2D eigenvalue weighted by atomic mass is 9.73. The molecule has 0 spiro atoms. The third kappa shape index (κ3) is 1.59.